The van der Waals surface area contributed by atoms with Crippen LogP contribution >= 0.6 is 11.6 Å². The Balaban J connectivity index is 2.27. The zero-order chi connectivity index (χ0) is 13.8. The Morgan fingerprint density at radius 1 is 1.05 bits per heavy atom. The molecule has 19 heavy (non-hydrogen) atoms. The minimum absolute atomic E-state index is 0.208. The first kappa shape index (κ1) is 13.4. The van der Waals surface area contributed by atoms with Crippen LogP contribution in [0.2, 0.25) is 5.02 Å². The predicted octanol–water partition coefficient (Wildman–Crippen LogP) is 3.66. The average Bonchev–Trinajstić information content (AvgIpc) is 2.39. The summed E-state index contributed by atoms with van der Waals surface area (Å²) >= 11 is 6.02. The number of halogens is 1. The Hall–Kier alpha value is -2.00. The van der Waals surface area contributed by atoms with Crippen LogP contribution in [0, 0.1) is 0 Å². The van der Waals surface area contributed by atoms with E-state index in [1.807, 2.05) is 43.3 Å². The van der Waals surface area contributed by atoms with E-state index in [-0.39, 0.29) is 5.91 Å². The number of hydrogen-bond acceptors (Lipinski definition) is 2. The largest absolute Gasteiger partial charge is 0.376 e. The van der Waals surface area contributed by atoms with Crippen molar-refractivity contribution in [1.82, 2.24) is 0 Å². The third kappa shape index (κ3) is 3.06. The maximum atomic E-state index is 12.2. The van der Waals surface area contributed by atoms with E-state index in [0.717, 1.165) is 11.4 Å². The summed E-state index contributed by atoms with van der Waals surface area (Å²) in [5.74, 6) is -0.208. The molecule has 0 fully saturated rings. The minimum atomic E-state index is -0.208. The molecule has 2 aromatic rings. The Labute approximate surface area is 117 Å². The fraction of sp³-hybridized carbons (Fsp3) is 0.133. The molecule has 0 heterocycles. The van der Waals surface area contributed by atoms with Crippen LogP contribution in [0.1, 0.15) is 10.4 Å². The van der Waals surface area contributed by atoms with E-state index < -0.39 is 0 Å². The highest BCUT2D eigenvalue weighted by atomic mass is 35.5. The molecule has 98 valence electrons. The molecule has 1 N–H and O–H groups in total. The van der Waals surface area contributed by atoms with Crippen LogP contribution < -0.4 is 10.2 Å². The number of nitrogens with one attached hydrogen (secondary N) is 1. The van der Waals surface area contributed by atoms with E-state index >= 15 is 0 Å². The number of amides is 1. The molecule has 0 radical (unpaired) electrons. The van der Waals surface area contributed by atoms with Crippen molar-refractivity contribution in [3.63, 3.8) is 0 Å². The molecule has 0 atom stereocenters. The normalized spacial score (nSPS) is 10.1. The molecule has 2 rings (SSSR count). The summed E-state index contributed by atoms with van der Waals surface area (Å²) in [4.78, 5) is 14.1. The van der Waals surface area contributed by atoms with Crippen molar-refractivity contribution in [2.75, 3.05) is 24.3 Å². The van der Waals surface area contributed by atoms with Crippen LogP contribution in [0.3, 0.4) is 0 Å². The molecule has 1 amide bonds. The van der Waals surface area contributed by atoms with Gasteiger partial charge in [0, 0.05) is 14.1 Å². The molecule has 0 saturated heterocycles. The lowest BCUT2D eigenvalue weighted by molar-refractivity contribution is 0.102. The number of nitrogens with zero attached hydrogens (tertiary/aromatic N) is 1. The summed E-state index contributed by atoms with van der Waals surface area (Å²) in [6.45, 7) is 0. The van der Waals surface area contributed by atoms with Crippen molar-refractivity contribution in [2.45, 2.75) is 0 Å². The van der Waals surface area contributed by atoms with E-state index in [1.165, 1.54) is 0 Å². The second-order valence-electron chi connectivity index (χ2n) is 4.35. The standard InChI is InChI=1S/C15H15ClN2O/c1-18(2)14-10-6-5-9-13(14)17-15(19)11-7-3-4-8-12(11)16/h3-10H,1-2H3,(H,17,19). The Morgan fingerprint density at radius 3 is 2.37 bits per heavy atom. The fourth-order valence-corrected chi connectivity index (χ4v) is 2.03. The predicted molar refractivity (Wildman–Crippen MR) is 80.2 cm³/mol. The van der Waals surface area contributed by atoms with Gasteiger partial charge in [-0.2, -0.15) is 0 Å². The van der Waals surface area contributed by atoms with Gasteiger partial charge in [-0.25, -0.2) is 0 Å². The highest BCUT2D eigenvalue weighted by molar-refractivity contribution is 6.34. The van der Waals surface area contributed by atoms with Gasteiger partial charge in [0.1, 0.15) is 0 Å². The SMILES string of the molecule is CN(C)c1ccccc1NC(=O)c1ccccc1Cl. The van der Waals surface area contributed by atoms with E-state index in [0.29, 0.717) is 10.6 Å². The first-order valence-corrected chi connectivity index (χ1v) is 6.29. The van der Waals surface area contributed by atoms with Gasteiger partial charge in [0.05, 0.1) is 22.0 Å². The second kappa shape index (κ2) is 5.76. The third-order valence-corrected chi connectivity index (χ3v) is 3.08. The van der Waals surface area contributed by atoms with Gasteiger partial charge in [-0.05, 0) is 24.3 Å². The monoisotopic (exact) mass is 274 g/mol. The second-order valence-corrected chi connectivity index (χ2v) is 4.75. The summed E-state index contributed by atoms with van der Waals surface area (Å²) in [6.07, 6.45) is 0. The van der Waals surface area contributed by atoms with Crippen LogP contribution in [0.4, 0.5) is 11.4 Å². The Morgan fingerprint density at radius 2 is 1.68 bits per heavy atom. The number of carbonyl (C=O) groups is 1. The maximum absolute atomic E-state index is 12.2. The molecule has 0 aliphatic carbocycles. The van der Waals surface area contributed by atoms with Crippen LogP contribution in [0.25, 0.3) is 0 Å². The molecule has 3 nitrogen and oxygen atoms in total. The van der Waals surface area contributed by atoms with Gasteiger partial charge in [0.25, 0.3) is 5.91 Å². The van der Waals surface area contributed by atoms with Crippen molar-refractivity contribution < 1.29 is 4.79 Å². The highest BCUT2D eigenvalue weighted by Crippen LogP contribution is 2.25. The summed E-state index contributed by atoms with van der Waals surface area (Å²) < 4.78 is 0. The number of carbonyl (C=O) groups excluding carboxylic acids is 1. The molecule has 4 heteroatoms. The van der Waals surface area contributed by atoms with E-state index in [9.17, 15) is 4.79 Å². The lowest BCUT2D eigenvalue weighted by Crippen LogP contribution is -2.16. The van der Waals surface area contributed by atoms with Gasteiger partial charge >= 0.3 is 0 Å². The van der Waals surface area contributed by atoms with E-state index in [2.05, 4.69) is 5.32 Å². The smallest absolute Gasteiger partial charge is 0.257 e. The molecular formula is C15H15ClN2O. The molecule has 0 aliphatic rings. The minimum Gasteiger partial charge on any atom is -0.376 e. The number of anilines is 2. The maximum Gasteiger partial charge on any atom is 0.257 e. The van der Waals surface area contributed by atoms with Crippen LogP contribution in [-0.4, -0.2) is 20.0 Å². The quantitative estimate of drug-likeness (QED) is 0.926. The summed E-state index contributed by atoms with van der Waals surface area (Å²) in [5, 5.41) is 3.33. The van der Waals surface area contributed by atoms with Crippen LogP contribution in [0.15, 0.2) is 48.5 Å². The zero-order valence-corrected chi connectivity index (χ0v) is 11.6. The Bertz CT molecular complexity index is 596. The molecule has 0 unspecified atom stereocenters. The van der Waals surface area contributed by atoms with Gasteiger partial charge < -0.3 is 10.2 Å². The van der Waals surface area contributed by atoms with Crippen LogP contribution in [0.5, 0.6) is 0 Å². The summed E-state index contributed by atoms with van der Waals surface area (Å²) in [6, 6.07) is 14.6. The zero-order valence-electron chi connectivity index (χ0n) is 10.9. The van der Waals surface area contributed by atoms with E-state index in [4.69, 9.17) is 11.6 Å². The van der Waals surface area contributed by atoms with Crippen molar-refractivity contribution in [1.29, 1.82) is 0 Å². The average molecular weight is 275 g/mol. The van der Waals surface area contributed by atoms with Crippen molar-refractivity contribution >= 4 is 28.9 Å². The molecule has 0 saturated carbocycles. The fourth-order valence-electron chi connectivity index (χ4n) is 1.80. The van der Waals surface area contributed by atoms with Crippen molar-refractivity contribution in [3.05, 3.63) is 59.1 Å². The number of benzene rings is 2. The van der Waals surface area contributed by atoms with Crippen molar-refractivity contribution in [2.24, 2.45) is 0 Å². The lowest BCUT2D eigenvalue weighted by Gasteiger charge is -2.17. The van der Waals surface area contributed by atoms with Gasteiger partial charge in [0.15, 0.2) is 0 Å². The van der Waals surface area contributed by atoms with Gasteiger partial charge in [0.2, 0.25) is 0 Å². The topological polar surface area (TPSA) is 32.3 Å². The van der Waals surface area contributed by atoms with Gasteiger partial charge in [-0.3, -0.25) is 4.79 Å². The molecule has 2 aromatic carbocycles. The molecular weight excluding hydrogens is 260 g/mol. The Kier molecular flexibility index (Phi) is 4.07. The van der Waals surface area contributed by atoms with Gasteiger partial charge in [-0.15, -0.1) is 0 Å². The van der Waals surface area contributed by atoms with Crippen molar-refractivity contribution in [3.8, 4) is 0 Å². The number of para-hydroxylation sites is 2. The summed E-state index contributed by atoms with van der Waals surface area (Å²) in [7, 11) is 3.86. The molecule has 0 spiro atoms. The third-order valence-electron chi connectivity index (χ3n) is 2.75. The lowest BCUT2D eigenvalue weighted by atomic mass is 10.2. The van der Waals surface area contributed by atoms with E-state index in [1.54, 1.807) is 24.3 Å². The first-order valence-electron chi connectivity index (χ1n) is 5.92. The highest BCUT2D eigenvalue weighted by Gasteiger charge is 2.12. The van der Waals surface area contributed by atoms with Crippen LogP contribution in [-0.2, 0) is 0 Å². The van der Waals surface area contributed by atoms with Gasteiger partial charge in [-0.1, -0.05) is 35.9 Å². The number of rotatable bonds is 3. The first-order chi connectivity index (χ1) is 9.09. The molecule has 0 bridgehead atoms. The molecule has 0 aliphatic heterocycles. The number of hydrogen-bond donors (Lipinski definition) is 1. The summed E-state index contributed by atoms with van der Waals surface area (Å²) in [5.41, 5.74) is 2.18. The molecule has 0 aromatic heterocycles.